The normalized spacial score (nSPS) is 10.0. The number of rotatable bonds is 6. The van der Waals surface area contributed by atoms with Gasteiger partial charge in [-0.15, -0.1) is 0 Å². The van der Waals surface area contributed by atoms with Gasteiger partial charge in [-0.05, 0) is 18.2 Å². The molecule has 22 heavy (non-hydrogen) atoms. The zero-order valence-electron chi connectivity index (χ0n) is 11.6. The summed E-state index contributed by atoms with van der Waals surface area (Å²) < 4.78 is 0. The average molecular weight is 320 g/mol. The number of hydrogen-bond acceptors (Lipinski definition) is 4. The molecule has 0 heterocycles. The molecule has 0 aromatic heterocycles. The Morgan fingerprint density at radius 1 is 1.14 bits per heavy atom. The van der Waals surface area contributed by atoms with Crippen LogP contribution in [0.15, 0.2) is 48.5 Å². The second-order valence-electron chi connectivity index (χ2n) is 4.47. The first-order valence-corrected chi connectivity index (χ1v) is 6.97. The molecule has 2 rings (SSSR count). The van der Waals surface area contributed by atoms with E-state index in [0.29, 0.717) is 13.1 Å². The molecular weight excluding hydrogens is 306 g/mol. The molecule has 0 saturated carbocycles. The SMILES string of the molecule is O=C(NCCNc1ccccc1)c1cc([N+](=O)[O-])ccc1Cl. The summed E-state index contributed by atoms with van der Waals surface area (Å²) in [5.41, 5.74) is 0.873. The first-order chi connectivity index (χ1) is 10.6. The molecule has 6 nitrogen and oxygen atoms in total. The summed E-state index contributed by atoms with van der Waals surface area (Å²) in [6.07, 6.45) is 0. The number of nitro groups is 1. The Kier molecular flexibility index (Phi) is 5.32. The maximum Gasteiger partial charge on any atom is 0.270 e. The highest BCUT2D eigenvalue weighted by atomic mass is 35.5. The quantitative estimate of drug-likeness (QED) is 0.487. The molecule has 0 unspecified atom stereocenters. The van der Waals surface area contributed by atoms with E-state index in [4.69, 9.17) is 11.6 Å². The van der Waals surface area contributed by atoms with Gasteiger partial charge >= 0.3 is 0 Å². The molecule has 0 atom stereocenters. The van der Waals surface area contributed by atoms with Crippen LogP contribution in [0.5, 0.6) is 0 Å². The summed E-state index contributed by atoms with van der Waals surface area (Å²) in [7, 11) is 0. The van der Waals surface area contributed by atoms with E-state index in [0.717, 1.165) is 5.69 Å². The van der Waals surface area contributed by atoms with E-state index >= 15 is 0 Å². The maximum atomic E-state index is 12.0. The molecule has 2 aromatic rings. The van der Waals surface area contributed by atoms with Crippen LogP contribution in [0.1, 0.15) is 10.4 Å². The summed E-state index contributed by atoms with van der Waals surface area (Å²) in [6.45, 7) is 0.898. The van der Waals surface area contributed by atoms with Crippen LogP contribution in [-0.2, 0) is 0 Å². The molecule has 0 radical (unpaired) electrons. The predicted octanol–water partition coefficient (Wildman–Crippen LogP) is 3.09. The van der Waals surface area contributed by atoms with Gasteiger partial charge < -0.3 is 10.6 Å². The Labute approximate surface area is 132 Å². The van der Waals surface area contributed by atoms with Gasteiger partial charge in [0.05, 0.1) is 15.5 Å². The standard InChI is InChI=1S/C15H14ClN3O3/c16-14-7-6-12(19(21)22)10-13(14)15(20)18-9-8-17-11-4-2-1-3-5-11/h1-7,10,17H,8-9H2,(H,18,20). The van der Waals surface area contributed by atoms with Crippen molar-refractivity contribution in [2.24, 2.45) is 0 Å². The molecule has 114 valence electrons. The summed E-state index contributed by atoms with van der Waals surface area (Å²) in [4.78, 5) is 22.2. The molecule has 7 heteroatoms. The van der Waals surface area contributed by atoms with Gasteiger partial charge in [-0.25, -0.2) is 0 Å². The van der Waals surface area contributed by atoms with Gasteiger partial charge in [0.25, 0.3) is 11.6 Å². The molecule has 0 saturated heterocycles. The second kappa shape index (κ2) is 7.42. The number of carbonyl (C=O) groups excluding carboxylic acids is 1. The summed E-state index contributed by atoms with van der Waals surface area (Å²) in [6, 6.07) is 13.3. The third-order valence-corrected chi connectivity index (χ3v) is 3.25. The number of para-hydroxylation sites is 1. The number of carbonyl (C=O) groups is 1. The van der Waals surface area contributed by atoms with E-state index in [9.17, 15) is 14.9 Å². The highest BCUT2D eigenvalue weighted by molar-refractivity contribution is 6.33. The van der Waals surface area contributed by atoms with E-state index < -0.39 is 10.8 Å². The third-order valence-electron chi connectivity index (χ3n) is 2.92. The molecule has 2 N–H and O–H groups in total. The lowest BCUT2D eigenvalue weighted by Gasteiger charge is -2.08. The largest absolute Gasteiger partial charge is 0.383 e. The maximum absolute atomic E-state index is 12.0. The molecular formula is C15H14ClN3O3. The first kappa shape index (κ1) is 15.8. The molecule has 1 amide bonds. The summed E-state index contributed by atoms with van der Waals surface area (Å²) in [5.74, 6) is -0.441. The number of nitrogens with zero attached hydrogens (tertiary/aromatic N) is 1. The smallest absolute Gasteiger partial charge is 0.270 e. The number of nitro benzene ring substituents is 1. The lowest BCUT2D eigenvalue weighted by Crippen LogP contribution is -2.29. The van der Waals surface area contributed by atoms with E-state index in [2.05, 4.69) is 10.6 Å². The van der Waals surface area contributed by atoms with Crippen LogP contribution in [0.3, 0.4) is 0 Å². The Morgan fingerprint density at radius 3 is 2.55 bits per heavy atom. The van der Waals surface area contributed by atoms with Gasteiger partial charge in [-0.3, -0.25) is 14.9 Å². The van der Waals surface area contributed by atoms with Crippen LogP contribution in [0.2, 0.25) is 5.02 Å². The molecule has 0 spiro atoms. The van der Waals surface area contributed by atoms with Crippen molar-refractivity contribution in [1.82, 2.24) is 5.32 Å². The summed E-state index contributed by atoms with van der Waals surface area (Å²) >= 11 is 5.91. The van der Waals surface area contributed by atoms with E-state index in [1.807, 2.05) is 30.3 Å². The van der Waals surface area contributed by atoms with Crippen LogP contribution in [0, 0.1) is 10.1 Å². The fourth-order valence-corrected chi connectivity index (χ4v) is 2.04. The average Bonchev–Trinajstić information content (AvgIpc) is 2.52. The number of hydrogen-bond donors (Lipinski definition) is 2. The van der Waals surface area contributed by atoms with E-state index in [1.54, 1.807) is 0 Å². The third kappa shape index (κ3) is 4.20. The second-order valence-corrected chi connectivity index (χ2v) is 4.88. The minimum absolute atomic E-state index is 0.0931. The highest BCUT2D eigenvalue weighted by Crippen LogP contribution is 2.21. The van der Waals surface area contributed by atoms with Gasteiger partial charge in [-0.1, -0.05) is 29.8 Å². The van der Waals surface area contributed by atoms with Crippen molar-refractivity contribution < 1.29 is 9.72 Å². The number of amides is 1. The van der Waals surface area contributed by atoms with Crippen molar-refractivity contribution in [3.05, 3.63) is 69.2 Å². The zero-order valence-corrected chi connectivity index (χ0v) is 12.3. The molecule has 0 bridgehead atoms. The zero-order chi connectivity index (χ0) is 15.9. The topological polar surface area (TPSA) is 84.3 Å². The van der Waals surface area contributed by atoms with Gasteiger partial charge in [0.15, 0.2) is 0 Å². The Morgan fingerprint density at radius 2 is 1.86 bits per heavy atom. The van der Waals surface area contributed by atoms with Gasteiger partial charge in [0, 0.05) is 30.9 Å². The van der Waals surface area contributed by atoms with Crippen molar-refractivity contribution in [1.29, 1.82) is 0 Å². The predicted molar refractivity (Wildman–Crippen MR) is 85.4 cm³/mol. The Hall–Kier alpha value is -2.60. The van der Waals surface area contributed by atoms with Crippen LogP contribution in [0.4, 0.5) is 11.4 Å². The highest BCUT2D eigenvalue weighted by Gasteiger charge is 2.15. The fourth-order valence-electron chi connectivity index (χ4n) is 1.83. The van der Waals surface area contributed by atoms with Crippen molar-refractivity contribution >= 4 is 28.9 Å². The van der Waals surface area contributed by atoms with Crippen LogP contribution in [-0.4, -0.2) is 23.9 Å². The van der Waals surface area contributed by atoms with Crippen molar-refractivity contribution in [2.75, 3.05) is 18.4 Å². The van der Waals surface area contributed by atoms with Crippen LogP contribution >= 0.6 is 11.6 Å². The van der Waals surface area contributed by atoms with Gasteiger partial charge in [0.1, 0.15) is 0 Å². The number of non-ortho nitro benzene ring substituents is 1. The molecule has 2 aromatic carbocycles. The Bertz CT molecular complexity index is 677. The van der Waals surface area contributed by atoms with Crippen molar-refractivity contribution in [3.8, 4) is 0 Å². The molecule has 0 aliphatic heterocycles. The summed E-state index contributed by atoms with van der Waals surface area (Å²) in [5, 5.41) is 16.7. The Balaban J connectivity index is 1.89. The number of benzene rings is 2. The van der Waals surface area contributed by atoms with Gasteiger partial charge in [0.2, 0.25) is 0 Å². The van der Waals surface area contributed by atoms with E-state index in [-0.39, 0.29) is 16.3 Å². The molecule has 0 fully saturated rings. The van der Waals surface area contributed by atoms with Crippen molar-refractivity contribution in [2.45, 2.75) is 0 Å². The van der Waals surface area contributed by atoms with E-state index in [1.165, 1.54) is 18.2 Å². The fraction of sp³-hybridized carbons (Fsp3) is 0.133. The minimum Gasteiger partial charge on any atom is -0.383 e. The molecule has 0 aliphatic carbocycles. The lowest BCUT2D eigenvalue weighted by atomic mass is 10.2. The number of anilines is 1. The van der Waals surface area contributed by atoms with Gasteiger partial charge in [-0.2, -0.15) is 0 Å². The number of nitrogens with one attached hydrogen (secondary N) is 2. The molecule has 0 aliphatic rings. The number of halogens is 1. The first-order valence-electron chi connectivity index (χ1n) is 6.59. The minimum atomic E-state index is -0.565. The monoisotopic (exact) mass is 319 g/mol. The van der Waals surface area contributed by atoms with Crippen LogP contribution < -0.4 is 10.6 Å². The van der Waals surface area contributed by atoms with Crippen molar-refractivity contribution in [3.63, 3.8) is 0 Å². The van der Waals surface area contributed by atoms with Crippen LogP contribution in [0.25, 0.3) is 0 Å². The lowest BCUT2D eigenvalue weighted by molar-refractivity contribution is -0.384.